The van der Waals surface area contributed by atoms with E-state index in [-0.39, 0.29) is 6.10 Å². The van der Waals surface area contributed by atoms with Crippen molar-refractivity contribution in [2.75, 3.05) is 19.6 Å². The molecule has 0 amide bonds. The Kier molecular flexibility index (Phi) is 4.50. The molecule has 1 atom stereocenters. The number of rotatable bonds is 5. The smallest absolute Gasteiger partial charge is 0.0910 e. The number of hydrogen-bond donors (Lipinski definition) is 1. The summed E-state index contributed by atoms with van der Waals surface area (Å²) in [6, 6.07) is 6.02. The molecule has 0 spiro atoms. The topological polar surface area (TPSA) is 41.3 Å². The summed E-state index contributed by atoms with van der Waals surface area (Å²) in [6.45, 7) is 4.15. The Labute approximate surface area is 123 Å². The van der Waals surface area contributed by atoms with Crippen molar-refractivity contribution in [1.29, 1.82) is 0 Å². The number of aliphatic hydroxyl groups is 1. The maximum absolute atomic E-state index is 10.4. The van der Waals surface area contributed by atoms with Crippen LogP contribution in [-0.4, -0.2) is 39.4 Å². The molecule has 5 heteroatoms. The first kappa shape index (κ1) is 13.8. The summed E-state index contributed by atoms with van der Waals surface area (Å²) in [5.41, 5.74) is 0. The molecular weight excluding hydrogens is 270 g/mol. The van der Waals surface area contributed by atoms with Crippen LogP contribution in [0.2, 0.25) is 0 Å². The molecule has 1 aliphatic heterocycles. The highest BCUT2D eigenvalue weighted by molar-refractivity contribution is 7.10. The Morgan fingerprint density at radius 3 is 2.80 bits per heavy atom. The Morgan fingerprint density at radius 1 is 1.30 bits per heavy atom. The first-order valence-electron chi connectivity index (χ1n) is 7.24. The van der Waals surface area contributed by atoms with Crippen molar-refractivity contribution in [2.24, 2.45) is 5.92 Å². The Balaban J connectivity index is 1.45. The molecule has 1 N–H and O–H groups in total. The fourth-order valence-corrected chi connectivity index (χ4v) is 3.66. The monoisotopic (exact) mass is 291 g/mol. The van der Waals surface area contributed by atoms with Crippen LogP contribution >= 0.6 is 11.3 Å². The van der Waals surface area contributed by atoms with Crippen molar-refractivity contribution in [3.05, 3.63) is 40.8 Å². The third-order valence-corrected chi connectivity index (χ3v) is 5.06. The molecule has 1 fully saturated rings. The van der Waals surface area contributed by atoms with E-state index in [2.05, 4.69) is 10.00 Å². The van der Waals surface area contributed by atoms with E-state index in [4.69, 9.17) is 0 Å². The summed E-state index contributed by atoms with van der Waals surface area (Å²) in [7, 11) is 0. The van der Waals surface area contributed by atoms with Crippen LogP contribution in [0, 0.1) is 5.92 Å². The van der Waals surface area contributed by atoms with Crippen molar-refractivity contribution in [3.8, 4) is 0 Å². The Bertz CT molecular complexity index is 489. The lowest BCUT2D eigenvalue weighted by molar-refractivity contribution is 0.0600. The first-order chi connectivity index (χ1) is 9.83. The Hall–Kier alpha value is -1.17. The van der Waals surface area contributed by atoms with Gasteiger partial charge in [-0.05, 0) is 49.4 Å². The van der Waals surface area contributed by atoms with Crippen LogP contribution in [-0.2, 0) is 6.54 Å². The molecule has 1 saturated heterocycles. The molecule has 0 saturated carbocycles. The Morgan fingerprint density at radius 2 is 2.15 bits per heavy atom. The summed E-state index contributed by atoms with van der Waals surface area (Å²) in [5, 5.41) is 16.6. The van der Waals surface area contributed by atoms with Gasteiger partial charge in [0.25, 0.3) is 0 Å². The zero-order valence-corrected chi connectivity index (χ0v) is 12.4. The molecule has 0 unspecified atom stereocenters. The molecule has 2 aromatic rings. The van der Waals surface area contributed by atoms with E-state index in [0.29, 0.717) is 5.92 Å². The predicted octanol–water partition coefficient (Wildman–Crippen LogP) is 2.39. The van der Waals surface area contributed by atoms with Crippen LogP contribution in [0.25, 0.3) is 0 Å². The van der Waals surface area contributed by atoms with Crippen molar-refractivity contribution in [3.63, 3.8) is 0 Å². The maximum Gasteiger partial charge on any atom is 0.0910 e. The highest BCUT2D eigenvalue weighted by Crippen LogP contribution is 2.32. The minimum atomic E-state index is -0.275. The molecule has 3 rings (SSSR count). The van der Waals surface area contributed by atoms with Crippen molar-refractivity contribution >= 4 is 11.3 Å². The van der Waals surface area contributed by atoms with Crippen LogP contribution in [0.15, 0.2) is 36.0 Å². The first-order valence-corrected chi connectivity index (χ1v) is 8.12. The molecule has 0 aromatic carbocycles. The molecule has 0 aliphatic carbocycles. The van der Waals surface area contributed by atoms with Gasteiger partial charge in [-0.3, -0.25) is 4.68 Å². The normalized spacial score (nSPS) is 19.2. The zero-order valence-electron chi connectivity index (χ0n) is 11.6. The SMILES string of the molecule is O[C@@H](c1cccs1)C1CCN(CCn2cccn2)CC1. The molecule has 108 valence electrons. The fraction of sp³-hybridized carbons (Fsp3) is 0.533. The van der Waals surface area contributed by atoms with Gasteiger partial charge in [0, 0.05) is 23.8 Å². The van der Waals surface area contributed by atoms with E-state index in [9.17, 15) is 5.11 Å². The summed E-state index contributed by atoms with van der Waals surface area (Å²) in [6.07, 6.45) is 5.72. The van der Waals surface area contributed by atoms with Crippen molar-refractivity contribution < 1.29 is 5.11 Å². The van der Waals surface area contributed by atoms with Crippen molar-refractivity contribution in [2.45, 2.75) is 25.5 Å². The molecular formula is C15H21N3OS. The standard InChI is InChI=1S/C15H21N3OS/c19-15(14-3-1-12-20-14)13-4-8-17(9-5-13)10-11-18-7-2-6-16-18/h1-3,6-7,12-13,15,19H,4-5,8-11H2/t15-/m1/s1. The number of thiophene rings is 1. The lowest BCUT2D eigenvalue weighted by Crippen LogP contribution is -2.37. The molecule has 0 bridgehead atoms. The van der Waals surface area contributed by atoms with Crippen LogP contribution in [0.5, 0.6) is 0 Å². The van der Waals surface area contributed by atoms with Gasteiger partial charge in [-0.15, -0.1) is 11.3 Å². The lowest BCUT2D eigenvalue weighted by Gasteiger charge is -2.33. The fourth-order valence-electron chi connectivity index (χ4n) is 2.86. The summed E-state index contributed by atoms with van der Waals surface area (Å²) < 4.78 is 1.98. The summed E-state index contributed by atoms with van der Waals surface area (Å²) in [4.78, 5) is 3.58. The van der Waals surface area contributed by atoms with Crippen LogP contribution < -0.4 is 0 Å². The molecule has 2 aromatic heterocycles. The van der Waals surface area contributed by atoms with E-state index in [1.165, 1.54) is 0 Å². The average Bonchev–Trinajstić information content (AvgIpc) is 3.18. The number of likely N-dealkylation sites (tertiary alicyclic amines) is 1. The maximum atomic E-state index is 10.4. The van der Waals surface area contributed by atoms with Crippen LogP contribution in [0.4, 0.5) is 0 Å². The molecule has 4 nitrogen and oxygen atoms in total. The number of nitrogens with zero attached hydrogens (tertiary/aromatic N) is 3. The van der Waals surface area contributed by atoms with Gasteiger partial charge in [0.15, 0.2) is 0 Å². The van der Waals surface area contributed by atoms with E-state index < -0.39 is 0 Å². The number of piperidine rings is 1. The number of aliphatic hydroxyl groups excluding tert-OH is 1. The van der Waals surface area contributed by atoms with Gasteiger partial charge >= 0.3 is 0 Å². The van der Waals surface area contributed by atoms with Crippen molar-refractivity contribution in [1.82, 2.24) is 14.7 Å². The minimum Gasteiger partial charge on any atom is -0.387 e. The highest BCUT2D eigenvalue weighted by Gasteiger charge is 2.26. The third kappa shape index (κ3) is 3.29. The second kappa shape index (κ2) is 6.52. The minimum absolute atomic E-state index is 0.275. The molecule has 1 aliphatic rings. The van der Waals surface area contributed by atoms with Gasteiger partial charge < -0.3 is 10.0 Å². The highest BCUT2D eigenvalue weighted by atomic mass is 32.1. The number of aromatic nitrogens is 2. The van der Waals surface area contributed by atoms with Gasteiger partial charge in [0.05, 0.1) is 12.6 Å². The third-order valence-electron chi connectivity index (χ3n) is 4.12. The second-order valence-corrected chi connectivity index (χ2v) is 6.39. The molecule has 0 radical (unpaired) electrons. The van der Waals surface area contributed by atoms with E-state index in [1.807, 2.05) is 40.7 Å². The van der Waals surface area contributed by atoms with E-state index in [0.717, 1.165) is 43.9 Å². The average molecular weight is 291 g/mol. The number of hydrogen-bond acceptors (Lipinski definition) is 4. The molecule has 20 heavy (non-hydrogen) atoms. The predicted molar refractivity (Wildman–Crippen MR) is 80.7 cm³/mol. The summed E-state index contributed by atoms with van der Waals surface area (Å²) >= 11 is 1.66. The zero-order chi connectivity index (χ0) is 13.8. The summed E-state index contributed by atoms with van der Waals surface area (Å²) in [5.74, 6) is 0.412. The van der Waals surface area contributed by atoms with Gasteiger partial charge in [0.2, 0.25) is 0 Å². The van der Waals surface area contributed by atoms with Gasteiger partial charge in [-0.1, -0.05) is 6.07 Å². The van der Waals surface area contributed by atoms with E-state index >= 15 is 0 Å². The van der Waals surface area contributed by atoms with Crippen LogP contribution in [0.3, 0.4) is 0 Å². The van der Waals surface area contributed by atoms with Gasteiger partial charge in [-0.2, -0.15) is 5.10 Å². The largest absolute Gasteiger partial charge is 0.387 e. The van der Waals surface area contributed by atoms with Crippen LogP contribution in [0.1, 0.15) is 23.8 Å². The quantitative estimate of drug-likeness (QED) is 0.919. The van der Waals surface area contributed by atoms with Gasteiger partial charge in [-0.25, -0.2) is 0 Å². The second-order valence-electron chi connectivity index (χ2n) is 5.41. The lowest BCUT2D eigenvalue weighted by atomic mass is 9.90. The van der Waals surface area contributed by atoms with Gasteiger partial charge in [0.1, 0.15) is 0 Å². The van der Waals surface area contributed by atoms with E-state index in [1.54, 1.807) is 11.3 Å². The molecule has 3 heterocycles.